The summed E-state index contributed by atoms with van der Waals surface area (Å²) in [5.74, 6) is -0.0209. The van der Waals surface area contributed by atoms with Crippen molar-refractivity contribution in [3.63, 3.8) is 0 Å². The second-order valence-electron chi connectivity index (χ2n) is 9.61. The number of carbonyl (C=O) groups is 1. The monoisotopic (exact) mass is 432 g/mol. The van der Waals surface area contributed by atoms with Gasteiger partial charge in [-0.05, 0) is 55.2 Å². The molecule has 0 aliphatic heterocycles. The molecule has 7 nitrogen and oxygen atoms in total. The van der Waals surface area contributed by atoms with Gasteiger partial charge in [-0.15, -0.1) is 0 Å². The molecular formula is C25H28N4O3. The lowest BCUT2D eigenvalue weighted by molar-refractivity contribution is 0.0931. The van der Waals surface area contributed by atoms with Crippen LogP contribution in [0, 0.1) is 0 Å². The Balaban J connectivity index is 1.61. The fourth-order valence-electron chi connectivity index (χ4n) is 4.95. The van der Waals surface area contributed by atoms with Crippen molar-refractivity contribution >= 4 is 16.9 Å². The highest BCUT2D eigenvalue weighted by Gasteiger charge is 2.34. The average Bonchev–Trinajstić information content (AvgIpc) is 3.61. The first kappa shape index (κ1) is 20.7. The maximum Gasteiger partial charge on any atom is 0.329 e. The molecule has 0 spiro atoms. The second kappa shape index (κ2) is 7.43. The Morgan fingerprint density at radius 3 is 2.69 bits per heavy atom. The van der Waals surface area contributed by atoms with Crippen molar-refractivity contribution in [2.75, 3.05) is 0 Å². The van der Waals surface area contributed by atoms with E-state index in [0.717, 1.165) is 36.9 Å². The van der Waals surface area contributed by atoms with Gasteiger partial charge in [0.2, 0.25) is 0 Å². The van der Waals surface area contributed by atoms with Gasteiger partial charge in [0.05, 0.1) is 17.0 Å². The van der Waals surface area contributed by atoms with Crippen LogP contribution in [0.15, 0.2) is 39.9 Å². The maximum absolute atomic E-state index is 13.6. The first-order valence-electron chi connectivity index (χ1n) is 11.4. The maximum atomic E-state index is 13.6. The molecule has 1 unspecified atom stereocenters. The molecule has 0 saturated heterocycles. The molecule has 1 atom stereocenters. The van der Waals surface area contributed by atoms with Gasteiger partial charge in [0, 0.05) is 18.2 Å². The fourth-order valence-corrected chi connectivity index (χ4v) is 4.95. The highest BCUT2D eigenvalue weighted by molar-refractivity contribution is 6.05. The zero-order valence-corrected chi connectivity index (χ0v) is 18.7. The lowest BCUT2D eigenvalue weighted by atomic mass is 9.71. The number of carbonyl (C=O) groups excluding carboxylic acids is 1. The van der Waals surface area contributed by atoms with E-state index in [4.69, 9.17) is 0 Å². The minimum atomic E-state index is -0.570. The molecule has 2 N–H and O–H groups in total. The standard InChI is InChI=1S/C25H28N4O3/c1-4-29-21-20(23(31)28-24(29)32)16(13-19(26-21)14-9-10-14)22(30)27-18-11-12-25(2,3)17-8-6-5-7-15(17)18/h5-8,13-14,18H,4,9-12H2,1-3H3,(H,27,30)(H,28,31,32). The Hall–Kier alpha value is -3.22. The topological polar surface area (TPSA) is 96.9 Å². The molecule has 1 aromatic carbocycles. The summed E-state index contributed by atoms with van der Waals surface area (Å²) < 4.78 is 1.43. The Bertz CT molecular complexity index is 1350. The smallest absolute Gasteiger partial charge is 0.329 e. The highest BCUT2D eigenvalue weighted by Crippen LogP contribution is 2.42. The van der Waals surface area contributed by atoms with Gasteiger partial charge in [0.25, 0.3) is 11.5 Å². The van der Waals surface area contributed by atoms with Crippen LogP contribution in [0.2, 0.25) is 0 Å². The van der Waals surface area contributed by atoms with Gasteiger partial charge >= 0.3 is 5.69 Å². The van der Waals surface area contributed by atoms with Crippen molar-refractivity contribution in [3.8, 4) is 0 Å². The minimum absolute atomic E-state index is 0.0503. The highest BCUT2D eigenvalue weighted by atomic mass is 16.2. The number of aryl methyl sites for hydroxylation is 1. The van der Waals surface area contributed by atoms with Crippen molar-refractivity contribution in [2.45, 2.75) is 70.4 Å². The van der Waals surface area contributed by atoms with Crippen molar-refractivity contribution in [2.24, 2.45) is 0 Å². The van der Waals surface area contributed by atoms with Crippen LogP contribution < -0.4 is 16.6 Å². The Kier molecular flexibility index (Phi) is 4.80. The van der Waals surface area contributed by atoms with Crippen LogP contribution in [0.3, 0.4) is 0 Å². The molecular weight excluding hydrogens is 404 g/mol. The number of hydrogen-bond acceptors (Lipinski definition) is 4. The third-order valence-corrected chi connectivity index (χ3v) is 6.95. The molecule has 7 heteroatoms. The predicted molar refractivity (Wildman–Crippen MR) is 123 cm³/mol. The number of aromatic amines is 1. The molecule has 1 fully saturated rings. The summed E-state index contributed by atoms with van der Waals surface area (Å²) in [7, 11) is 0. The van der Waals surface area contributed by atoms with E-state index in [2.05, 4.69) is 41.3 Å². The molecule has 32 heavy (non-hydrogen) atoms. The molecule has 2 heterocycles. The molecule has 0 bridgehead atoms. The van der Waals surface area contributed by atoms with E-state index in [-0.39, 0.29) is 28.7 Å². The SMILES string of the molecule is CCn1c(=O)[nH]c(=O)c2c(C(=O)NC3CCC(C)(C)c4ccccc43)cc(C3CC3)nc21. The van der Waals surface area contributed by atoms with Gasteiger partial charge in [-0.3, -0.25) is 19.1 Å². The molecule has 2 aliphatic rings. The van der Waals surface area contributed by atoms with Gasteiger partial charge < -0.3 is 5.32 Å². The van der Waals surface area contributed by atoms with Crippen LogP contribution in [0.25, 0.3) is 11.0 Å². The summed E-state index contributed by atoms with van der Waals surface area (Å²) in [4.78, 5) is 45.7. The molecule has 2 aromatic heterocycles. The minimum Gasteiger partial charge on any atom is -0.345 e. The summed E-state index contributed by atoms with van der Waals surface area (Å²) in [6, 6.07) is 9.85. The number of fused-ring (bicyclic) bond motifs is 2. The van der Waals surface area contributed by atoms with Gasteiger partial charge in [-0.1, -0.05) is 38.1 Å². The van der Waals surface area contributed by atoms with E-state index in [0.29, 0.717) is 17.8 Å². The largest absolute Gasteiger partial charge is 0.345 e. The summed E-state index contributed by atoms with van der Waals surface area (Å²) >= 11 is 0. The third kappa shape index (κ3) is 3.36. The van der Waals surface area contributed by atoms with Gasteiger partial charge in [-0.25, -0.2) is 9.78 Å². The zero-order chi connectivity index (χ0) is 22.6. The number of benzene rings is 1. The average molecular weight is 433 g/mol. The van der Waals surface area contributed by atoms with Crippen molar-refractivity contribution in [1.29, 1.82) is 0 Å². The van der Waals surface area contributed by atoms with E-state index in [9.17, 15) is 14.4 Å². The van der Waals surface area contributed by atoms with E-state index in [1.54, 1.807) is 6.07 Å². The Labute approximate surface area is 185 Å². The number of pyridine rings is 1. The Morgan fingerprint density at radius 1 is 1.22 bits per heavy atom. The summed E-state index contributed by atoms with van der Waals surface area (Å²) in [6.07, 6.45) is 3.79. The zero-order valence-electron chi connectivity index (χ0n) is 18.7. The van der Waals surface area contributed by atoms with Crippen LogP contribution in [0.1, 0.15) is 85.6 Å². The molecule has 166 valence electrons. The molecule has 3 aromatic rings. The number of amides is 1. The van der Waals surface area contributed by atoms with Crippen LogP contribution in [0.5, 0.6) is 0 Å². The van der Waals surface area contributed by atoms with Crippen LogP contribution >= 0.6 is 0 Å². The molecule has 0 radical (unpaired) electrons. The molecule has 2 aliphatic carbocycles. The van der Waals surface area contributed by atoms with E-state index >= 15 is 0 Å². The fraction of sp³-hybridized carbons (Fsp3) is 0.440. The third-order valence-electron chi connectivity index (χ3n) is 6.95. The number of H-pyrrole nitrogens is 1. The second-order valence-corrected chi connectivity index (χ2v) is 9.61. The van der Waals surface area contributed by atoms with Crippen LogP contribution in [-0.2, 0) is 12.0 Å². The summed E-state index contributed by atoms with van der Waals surface area (Å²) in [6.45, 7) is 6.64. The van der Waals surface area contributed by atoms with E-state index in [1.807, 2.05) is 19.1 Å². The van der Waals surface area contributed by atoms with Crippen LogP contribution in [0.4, 0.5) is 0 Å². The van der Waals surface area contributed by atoms with Gasteiger partial charge in [0.1, 0.15) is 0 Å². The summed E-state index contributed by atoms with van der Waals surface area (Å²) in [5.41, 5.74) is 2.71. The lowest BCUT2D eigenvalue weighted by Gasteiger charge is -2.37. The lowest BCUT2D eigenvalue weighted by Crippen LogP contribution is -2.37. The van der Waals surface area contributed by atoms with E-state index in [1.165, 1.54) is 10.1 Å². The number of hydrogen-bond donors (Lipinski definition) is 2. The molecule has 1 saturated carbocycles. The first-order chi connectivity index (χ1) is 15.3. The normalized spacial score (nSPS) is 19.5. The predicted octanol–water partition coefficient (Wildman–Crippen LogP) is 3.52. The van der Waals surface area contributed by atoms with Crippen molar-refractivity contribution in [3.05, 3.63) is 73.6 Å². The number of nitrogens with zero attached hydrogens (tertiary/aromatic N) is 2. The van der Waals surface area contributed by atoms with Gasteiger partial charge in [-0.2, -0.15) is 0 Å². The quantitative estimate of drug-likeness (QED) is 0.659. The van der Waals surface area contributed by atoms with Crippen molar-refractivity contribution < 1.29 is 4.79 Å². The molecule has 1 amide bonds. The van der Waals surface area contributed by atoms with E-state index < -0.39 is 11.2 Å². The number of aromatic nitrogens is 3. The first-order valence-corrected chi connectivity index (χ1v) is 11.4. The Morgan fingerprint density at radius 2 is 1.97 bits per heavy atom. The van der Waals surface area contributed by atoms with Crippen molar-refractivity contribution in [1.82, 2.24) is 19.9 Å². The number of rotatable bonds is 4. The summed E-state index contributed by atoms with van der Waals surface area (Å²) in [5, 5.41) is 3.36. The van der Waals surface area contributed by atoms with Crippen LogP contribution in [-0.4, -0.2) is 20.4 Å². The molecule has 5 rings (SSSR count). The number of nitrogens with one attached hydrogen (secondary N) is 2. The van der Waals surface area contributed by atoms with Gasteiger partial charge in [0.15, 0.2) is 5.65 Å².